The SMILES string of the molecule is COC(=O)C(CNC(=O)c1ccc2c(CCCNC3=NCCCC3)nn(C)c2c1)NS(=O)(=O)c1c(C)cc(OCCCC(=O)NCCNC(=O)C(CCC(=O)OC(C)(C)C)NC(=O)C(CCC(=O)OC(C)(C)C)NC(=O)OCc2ccccc2)cc1C. The number of fused-ring (bicyclic) bond motifs is 1. The Bertz CT molecular complexity index is 3170. The van der Waals surface area contributed by atoms with Gasteiger partial charge in [0.05, 0.1) is 35.7 Å². The van der Waals surface area contributed by atoms with Gasteiger partial charge in [-0.05, 0) is 141 Å². The van der Waals surface area contributed by atoms with Crippen LogP contribution in [-0.2, 0) is 77.8 Å². The molecule has 5 amide bonds. The van der Waals surface area contributed by atoms with Crippen LogP contribution in [0.15, 0.2) is 70.6 Å². The molecule has 1 aliphatic rings. The first-order valence-electron chi connectivity index (χ1n) is 29.2. The third kappa shape index (κ3) is 23.9. The minimum atomic E-state index is -4.38. The number of aromatic nitrogens is 2. The van der Waals surface area contributed by atoms with Crippen molar-refractivity contribution in [3.05, 3.63) is 88.6 Å². The normalized spacial score (nSPS) is 13.6. The van der Waals surface area contributed by atoms with Gasteiger partial charge >= 0.3 is 24.0 Å². The Morgan fingerprint density at radius 2 is 1.37 bits per heavy atom. The topological polar surface area (TPSA) is 331 Å². The molecule has 2 heterocycles. The van der Waals surface area contributed by atoms with Gasteiger partial charge in [-0.25, -0.2) is 13.2 Å². The minimum absolute atomic E-state index is 0.0159. The van der Waals surface area contributed by atoms with Crippen molar-refractivity contribution in [1.29, 1.82) is 0 Å². The highest BCUT2D eigenvalue weighted by molar-refractivity contribution is 7.89. The van der Waals surface area contributed by atoms with Crippen LogP contribution in [0.5, 0.6) is 5.75 Å². The molecule has 0 saturated heterocycles. The number of methoxy groups -OCH3 is 1. The molecule has 7 N–H and O–H groups in total. The molecular formula is C61H86N10O15S. The molecule has 25 nitrogen and oxygen atoms in total. The van der Waals surface area contributed by atoms with Crippen molar-refractivity contribution in [1.82, 2.24) is 46.4 Å². The maximum atomic E-state index is 13.9. The number of benzene rings is 3. The number of amidine groups is 1. The van der Waals surface area contributed by atoms with Gasteiger partial charge in [0.1, 0.15) is 41.7 Å². The van der Waals surface area contributed by atoms with Crippen LogP contribution < -0.4 is 41.4 Å². The highest BCUT2D eigenvalue weighted by atomic mass is 32.2. The molecule has 87 heavy (non-hydrogen) atoms. The molecule has 0 saturated carbocycles. The number of esters is 3. The first-order valence-corrected chi connectivity index (χ1v) is 30.7. The van der Waals surface area contributed by atoms with E-state index >= 15 is 0 Å². The van der Waals surface area contributed by atoms with Crippen molar-refractivity contribution in [3.8, 4) is 5.75 Å². The van der Waals surface area contributed by atoms with Gasteiger partial charge in [0.25, 0.3) is 5.91 Å². The van der Waals surface area contributed by atoms with Gasteiger partial charge in [-0.15, -0.1) is 0 Å². The van der Waals surface area contributed by atoms with Crippen LogP contribution in [0, 0.1) is 13.8 Å². The van der Waals surface area contributed by atoms with Gasteiger partial charge in [-0.2, -0.15) is 9.82 Å². The molecule has 0 aliphatic carbocycles. The number of carbonyl (C=O) groups is 8. The Kier molecular flexibility index (Phi) is 26.5. The number of carbonyl (C=O) groups excluding carboxylic acids is 8. The van der Waals surface area contributed by atoms with Gasteiger partial charge in [0, 0.05) is 76.4 Å². The lowest BCUT2D eigenvalue weighted by molar-refractivity contribution is -0.156. The van der Waals surface area contributed by atoms with Crippen LogP contribution in [0.25, 0.3) is 10.9 Å². The molecular weight excluding hydrogens is 1140 g/mol. The lowest BCUT2D eigenvalue weighted by atomic mass is 10.1. The smallest absolute Gasteiger partial charge is 0.408 e. The average Bonchev–Trinajstić information content (AvgIpc) is 2.03. The fourth-order valence-electron chi connectivity index (χ4n) is 9.31. The molecule has 476 valence electrons. The van der Waals surface area contributed by atoms with Gasteiger partial charge < -0.3 is 55.6 Å². The molecule has 1 aromatic heterocycles. The van der Waals surface area contributed by atoms with Crippen molar-refractivity contribution in [2.75, 3.05) is 46.4 Å². The van der Waals surface area contributed by atoms with E-state index < -0.39 is 87.6 Å². The zero-order valence-corrected chi connectivity index (χ0v) is 52.4. The summed E-state index contributed by atoms with van der Waals surface area (Å²) in [5.74, 6) is -3.27. The lowest BCUT2D eigenvalue weighted by Crippen LogP contribution is -2.54. The number of aliphatic imine (C=N–C) groups is 1. The molecule has 3 unspecified atom stereocenters. The van der Waals surface area contributed by atoms with Crippen LogP contribution in [0.2, 0.25) is 0 Å². The number of nitrogens with zero attached hydrogens (tertiary/aromatic N) is 3. The van der Waals surface area contributed by atoms with Crippen molar-refractivity contribution < 1.29 is 70.5 Å². The molecule has 3 aromatic carbocycles. The number of aryl methyl sites for hydroxylation is 4. The van der Waals surface area contributed by atoms with E-state index in [0.717, 1.165) is 74.7 Å². The molecule has 1 aliphatic heterocycles. The summed E-state index contributed by atoms with van der Waals surface area (Å²) in [7, 11) is -1.48. The van der Waals surface area contributed by atoms with E-state index in [-0.39, 0.29) is 81.2 Å². The van der Waals surface area contributed by atoms with Gasteiger partial charge in [0.15, 0.2) is 0 Å². The fraction of sp³-hybridized carbons (Fsp3) is 0.541. The number of rotatable bonds is 31. The van der Waals surface area contributed by atoms with E-state index in [1.165, 1.54) is 12.1 Å². The summed E-state index contributed by atoms with van der Waals surface area (Å²) < 4.78 is 58.8. The van der Waals surface area contributed by atoms with Crippen molar-refractivity contribution >= 4 is 74.4 Å². The largest absolute Gasteiger partial charge is 0.494 e. The molecule has 5 rings (SSSR count). The lowest BCUT2D eigenvalue weighted by Gasteiger charge is -2.24. The summed E-state index contributed by atoms with van der Waals surface area (Å²) in [6.45, 7) is 14.3. The van der Waals surface area contributed by atoms with E-state index in [1.54, 1.807) is 110 Å². The van der Waals surface area contributed by atoms with E-state index in [4.69, 9.17) is 23.7 Å². The molecule has 0 bridgehead atoms. The summed E-state index contributed by atoms with van der Waals surface area (Å²) in [5, 5.41) is 22.1. The first kappa shape index (κ1) is 69.6. The van der Waals surface area contributed by atoms with E-state index in [1.807, 2.05) is 6.07 Å². The molecule has 0 fully saturated rings. The monoisotopic (exact) mass is 1230 g/mol. The van der Waals surface area contributed by atoms with E-state index in [0.29, 0.717) is 22.4 Å². The van der Waals surface area contributed by atoms with Crippen LogP contribution >= 0.6 is 0 Å². The number of nitrogens with one attached hydrogen (secondary N) is 7. The van der Waals surface area contributed by atoms with Gasteiger partial charge in [0.2, 0.25) is 27.7 Å². The molecule has 0 spiro atoms. The highest BCUT2D eigenvalue weighted by Gasteiger charge is 2.32. The Balaban J connectivity index is 1.10. The molecule has 26 heteroatoms. The number of alkyl carbamates (subject to hydrolysis) is 1. The van der Waals surface area contributed by atoms with E-state index in [2.05, 4.69) is 46.7 Å². The average molecular weight is 1230 g/mol. The predicted molar refractivity (Wildman–Crippen MR) is 324 cm³/mol. The van der Waals surface area contributed by atoms with Crippen molar-refractivity contribution in [3.63, 3.8) is 0 Å². The number of hydrogen-bond acceptors (Lipinski definition) is 18. The third-order valence-electron chi connectivity index (χ3n) is 13.3. The van der Waals surface area contributed by atoms with E-state index in [9.17, 15) is 46.8 Å². The van der Waals surface area contributed by atoms with Crippen LogP contribution in [0.4, 0.5) is 4.79 Å². The number of hydrogen-bond donors (Lipinski definition) is 7. The second kappa shape index (κ2) is 33.1. The van der Waals surface area contributed by atoms with Crippen LogP contribution in [0.1, 0.15) is 138 Å². The van der Waals surface area contributed by atoms with Crippen LogP contribution in [-0.4, -0.2) is 147 Å². The zero-order valence-electron chi connectivity index (χ0n) is 51.6. The number of ether oxygens (including phenoxy) is 5. The summed E-state index contributed by atoms with van der Waals surface area (Å²) in [4.78, 5) is 109. The Labute approximate surface area is 509 Å². The second-order valence-electron chi connectivity index (χ2n) is 23.1. The summed E-state index contributed by atoms with van der Waals surface area (Å²) in [5.41, 5.74) is 1.55. The second-order valence-corrected chi connectivity index (χ2v) is 24.7. The maximum absolute atomic E-state index is 13.9. The quantitative estimate of drug-likeness (QED) is 0.0199. The van der Waals surface area contributed by atoms with Crippen LogP contribution in [0.3, 0.4) is 0 Å². The number of amides is 5. The number of sulfonamides is 1. The summed E-state index contributed by atoms with van der Waals surface area (Å²) in [6, 6.07) is 12.8. The van der Waals surface area contributed by atoms with Gasteiger partial charge in [-0.3, -0.25) is 43.2 Å². The van der Waals surface area contributed by atoms with Crippen molar-refractivity contribution in [2.45, 2.75) is 167 Å². The fourth-order valence-corrected chi connectivity index (χ4v) is 11.0. The highest BCUT2D eigenvalue weighted by Crippen LogP contribution is 2.27. The first-order chi connectivity index (χ1) is 41.1. The molecule has 4 aromatic rings. The standard InChI is InChI=1S/C61H86N10O15S/c1-39-34-43(35-40(2)54(39)87(80,81)70-48(58(78)82-10)37-66-55(75)42-23-24-44-45(69-71(9)49(44)36-42)20-16-30-63-50-21-14-15-29-62-50)83-33-17-22-51(72)64-31-32-65-56(76)46(25-27-52(73)85-60(3,4)5)67-57(77)47(26-28-53(74)86-61(6,7)8)68-59(79)84-38-41-18-12-11-13-19-41/h11-13,18-19,23-24,34-36,46-48,70H,14-17,20-22,25-33,37-38H2,1-10H3,(H,62,63)(H,64,72)(H,65,76)(H,66,75)(H,67,77)(H,68,79). The zero-order chi connectivity index (χ0) is 63.9. The Morgan fingerprint density at radius 3 is 1.99 bits per heavy atom. The third-order valence-corrected chi connectivity index (χ3v) is 15.1. The van der Waals surface area contributed by atoms with Gasteiger partial charge in [-0.1, -0.05) is 36.4 Å². The minimum Gasteiger partial charge on any atom is -0.494 e. The molecule has 0 radical (unpaired) electrons. The molecule has 3 atom stereocenters. The maximum Gasteiger partial charge on any atom is 0.408 e. The Hall–Kier alpha value is -8.13. The summed E-state index contributed by atoms with van der Waals surface area (Å²) in [6.07, 6.45) is 3.12. The summed E-state index contributed by atoms with van der Waals surface area (Å²) >= 11 is 0. The predicted octanol–water partition coefficient (Wildman–Crippen LogP) is 4.96. The Morgan fingerprint density at radius 1 is 0.724 bits per heavy atom. The van der Waals surface area contributed by atoms with Crippen molar-refractivity contribution in [2.24, 2.45) is 12.0 Å².